The van der Waals surface area contributed by atoms with E-state index in [1.165, 1.54) is 16.4 Å². The summed E-state index contributed by atoms with van der Waals surface area (Å²) in [6.45, 7) is 1.92. The number of fused-ring (bicyclic) bond motifs is 1. The zero-order valence-corrected chi connectivity index (χ0v) is 15.8. The Morgan fingerprint density at radius 1 is 1.19 bits per heavy atom. The summed E-state index contributed by atoms with van der Waals surface area (Å²) >= 11 is 7.39. The van der Waals surface area contributed by atoms with E-state index in [0.717, 1.165) is 5.56 Å². The molecule has 2 aromatic carbocycles. The third-order valence-electron chi connectivity index (χ3n) is 4.05. The van der Waals surface area contributed by atoms with Gasteiger partial charge in [0, 0.05) is 10.6 Å². The normalized spacial score (nSPS) is 12.4. The standard InChI is InChI=1S/C18H15ClN6OS/c1-10(15-21-14-8-3-2-7-13(14)17(26)22-15)27-18-24-23-16(25(18)20)11-5-4-6-12(19)9-11/h2-10H,20H2,1H3,(H,21,22,26)/t10-/m0/s1. The molecule has 2 heterocycles. The average molecular weight is 399 g/mol. The van der Waals surface area contributed by atoms with Crippen LogP contribution in [-0.2, 0) is 0 Å². The second-order valence-corrected chi connectivity index (χ2v) is 7.66. The van der Waals surface area contributed by atoms with Crippen LogP contribution in [0.1, 0.15) is 18.0 Å². The Hall–Kier alpha value is -2.84. The number of aromatic nitrogens is 5. The second kappa shape index (κ2) is 7.05. The molecular formula is C18H15ClN6OS. The molecule has 4 rings (SSSR count). The Kier molecular flexibility index (Phi) is 4.59. The molecule has 27 heavy (non-hydrogen) atoms. The Labute approximate surface area is 163 Å². The summed E-state index contributed by atoms with van der Waals surface area (Å²) in [5.41, 5.74) is 1.25. The Balaban J connectivity index is 1.64. The molecule has 0 fully saturated rings. The molecule has 0 amide bonds. The predicted octanol–water partition coefficient (Wildman–Crippen LogP) is 3.40. The van der Waals surface area contributed by atoms with Crippen LogP contribution in [0.4, 0.5) is 0 Å². The van der Waals surface area contributed by atoms with Crippen LogP contribution in [0.15, 0.2) is 58.5 Å². The fourth-order valence-corrected chi connectivity index (χ4v) is 3.71. The van der Waals surface area contributed by atoms with E-state index in [2.05, 4.69) is 20.2 Å². The number of aromatic amines is 1. The maximum absolute atomic E-state index is 12.3. The summed E-state index contributed by atoms with van der Waals surface area (Å²) in [5.74, 6) is 7.23. The topological polar surface area (TPSA) is 102 Å². The fourth-order valence-electron chi connectivity index (χ4n) is 2.69. The zero-order valence-electron chi connectivity index (χ0n) is 14.3. The van der Waals surface area contributed by atoms with E-state index in [0.29, 0.717) is 32.7 Å². The number of nitrogens with zero attached hydrogens (tertiary/aromatic N) is 4. The van der Waals surface area contributed by atoms with E-state index in [9.17, 15) is 4.79 Å². The fraction of sp³-hybridized carbons (Fsp3) is 0.111. The van der Waals surface area contributed by atoms with Gasteiger partial charge in [-0.05, 0) is 31.2 Å². The van der Waals surface area contributed by atoms with Crippen LogP contribution in [0.2, 0.25) is 5.02 Å². The van der Waals surface area contributed by atoms with Crippen LogP contribution >= 0.6 is 23.4 Å². The van der Waals surface area contributed by atoms with Crippen molar-refractivity contribution in [2.75, 3.05) is 5.84 Å². The number of nitrogens with one attached hydrogen (secondary N) is 1. The molecule has 3 N–H and O–H groups in total. The average Bonchev–Trinajstić information content (AvgIpc) is 3.02. The first-order valence-electron chi connectivity index (χ1n) is 8.15. The Morgan fingerprint density at radius 2 is 2.00 bits per heavy atom. The molecular weight excluding hydrogens is 384 g/mol. The van der Waals surface area contributed by atoms with Gasteiger partial charge in [-0.2, -0.15) is 0 Å². The molecule has 0 aliphatic carbocycles. The van der Waals surface area contributed by atoms with E-state index in [1.54, 1.807) is 18.2 Å². The van der Waals surface area contributed by atoms with Crippen molar-refractivity contribution in [1.82, 2.24) is 24.8 Å². The van der Waals surface area contributed by atoms with Gasteiger partial charge in [-0.1, -0.05) is 47.6 Å². The minimum Gasteiger partial charge on any atom is -0.335 e. The molecule has 9 heteroatoms. The Bertz CT molecular complexity index is 1190. The molecule has 7 nitrogen and oxygen atoms in total. The molecule has 1 atom stereocenters. The van der Waals surface area contributed by atoms with Crippen molar-refractivity contribution in [3.8, 4) is 11.4 Å². The molecule has 0 spiro atoms. The van der Waals surface area contributed by atoms with Gasteiger partial charge < -0.3 is 10.8 Å². The highest BCUT2D eigenvalue weighted by Gasteiger charge is 2.18. The minimum atomic E-state index is -0.180. The van der Waals surface area contributed by atoms with E-state index in [4.69, 9.17) is 17.4 Å². The van der Waals surface area contributed by atoms with Gasteiger partial charge in [0.15, 0.2) is 5.82 Å². The lowest BCUT2D eigenvalue weighted by molar-refractivity contribution is 0.835. The molecule has 136 valence electrons. The molecule has 0 radical (unpaired) electrons. The number of hydrogen-bond acceptors (Lipinski definition) is 6. The van der Waals surface area contributed by atoms with Gasteiger partial charge in [-0.25, -0.2) is 9.66 Å². The lowest BCUT2D eigenvalue weighted by Gasteiger charge is -2.11. The predicted molar refractivity (Wildman–Crippen MR) is 107 cm³/mol. The molecule has 0 aliphatic heterocycles. The van der Waals surface area contributed by atoms with Gasteiger partial charge in [0.05, 0.1) is 16.2 Å². The number of nitrogens with two attached hydrogens (primary N) is 1. The summed E-state index contributed by atoms with van der Waals surface area (Å²) < 4.78 is 1.41. The first-order chi connectivity index (χ1) is 13.0. The maximum Gasteiger partial charge on any atom is 0.258 e. The first-order valence-corrected chi connectivity index (χ1v) is 9.41. The van der Waals surface area contributed by atoms with Crippen LogP contribution in [0, 0.1) is 0 Å². The van der Waals surface area contributed by atoms with Gasteiger partial charge >= 0.3 is 0 Å². The van der Waals surface area contributed by atoms with Crippen molar-refractivity contribution >= 4 is 34.3 Å². The largest absolute Gasteiger partial charge is 0.335 e. The maximum atomic E-state index is 12.3. The monoisotopic (exact) mass is 398 g/mol. The van der Waals surface area contributed by atoms with Gasteiger partial charge in [0.1, 0.15) is 5.82 Å². The molecule has 0 bridgehead atoms. The number of halogens is 1. The minimum absolute atomic E-state index is 0.170. The molecule has 0 saturated carbocycles. The van der Waals surface area contributed by atoms with E-state index in [1.807, 2.05) is 37.3 Å². The molecule has 0 saturated heterocycles. The quantitative estimate of drug-likeness (QED) is 0.403. The lowest BCUT2D eigenvalue weighted by atomic mass is 10.2. The summed E-state index contributed by atoms with van der Waals surface area (Å²) in [7, 11) is 0. The summed E-state index contributed by atoms with van der Waals surface area (Å²) in [6, 6.07) is 14.5. The molecule has 4 aromatic rings. The number of hydrogen-bond donors (Lipinski definition) is 2. The van der Waals surface area contributed by atoms with Crippen molar-refractivity contribution < 1.29 is 0 Å². The molecule has 2 aromatic heterocycles. The van der Waals surface area contributed by atoms with E-state index < -0.39 is 0 Å². The SMILES string of the molecule is C[C@H](Sc1nnc(-c2cccc(Cl)c2)n1N)c1nc2ccccc2c(=O)[nH]1. The van der Waals surface area contributed by atoms with E-state index >= 15 is 0 Å². The number of H-pyrrole nitrogens is 1. The van der Waals surface area contributed by atoms with Crippen molar-refractivity contribution in [3.05, 3.63) is 69.7 Å². The summed E-state index contributed by atoms with van der Waals surface area (Å²) in [4.78, 5) is 19.6. The van der Waals surface area contributed by atoms with Gasteiger partial charge in [-0.3, -0.25) is 4.79 Å². The zero-order chi connectivity index (χ0) is 19.0. The number of nitrogen functional groups attached to an aromatic ring is 1. The van der Waals surface area contributed by atoms with Gasteiger partial charge in [0.25, 0.3) is 5.56 Å². The van der Waals surface area contributed by atoms with Crippen LogP contribution < -0.4 is 11.4 Å². The highest BCUT2D eigenvalue weighted by molar-refractivity contribution is 7.99. The van der Waals surface area contributed by atoms with Crippen LogP contribution in [0.25, 0.3) is 22.3 Å². The summed E-state index contributed by atoms with van der Waals surface area (Å²) in [6.07, 6.45) is 0. The van der Waals surface area contributed by atoms with Crippen LogP contribution in [0.5, 0.6) is 0 Å². The highest BCUT2D eigenvalue weighted by Crippen LogP contribution is 2.33. The number of rotatable bonds is 4. The van der Waals surface area contributed by atoms with E-state index in [-0.39, 0.29) is 10.8 Å². The third kappa shape index (κ3) is 3.41. The number of para-hydroxylation sites is 1. The van der Waals surface area contributed by atoms with Crippen molar-refractivity contribution in [1.29, 1.82) is 0 Å². The first kappa shape index (κ1) is 17.6. The second-order valence-electron chi connectivity index (χ2n) is 5.91. The third-order valence-corrected chi connectivity index (χ3v) is 5.35. The highest BCUT2D eigenvalue weighted by atomic mass is 35.5. The van der Waals surface area contributed by atoms with Crippen molar-refractivity contribution in [2.45, 2.75) is 17.3 Å². The smallest absolute Gasteiger partial charge is 0.258 e. The molecule has 0 aliphatic rings. The lowest BCUT2D eigenvalue weighted by Crippen LogP contribution is -2.14. The van der Waals surface area contributed by atoms with Crippen molar-refractivity contribution in [3.63, 3.8) is 0 Å². The molecule has 0 unspecified atom stereocenters. The Morgan fingerprint density at radius 3 is 2.81 bits per heavy atom. The van der Waals surface area contributed by atoms with Gasteiger partial charge in [-0.15, -0.1) is 10.2 Å². The number of benzene rings is 2. The van der Waals surface area contributed by atoms with Crippen LogP contribution in [-0.4, -0.2) is 24.8 Å². The van der Waals surface area contributed by atoms with Crippen LogP contribution in [0.3, 0.4) is 0 Å². The summed E-state index contributed by atoms with van der Waals surface area (Å²) in [5, 5.41) is 9.80. The van der Waals surface area contributed by atoms with Crippen molar-refractivity contribution in [2.24, 2.45) is 0 Å². The van der Waals surface area contributed by atoms with Gasteiger partial charge in [0.2, 0.25) is 5.16 Å². The number of thioether (sulfide) groups is 1.